The van der Waals surface area contributed by atoms with Crippen molar-refractivity contribution in [3.05, 3.63) is 82.0 Å². The molecule has 3 aromatic rings. The second-order valence-electron chi connectivity index (χ2n) is 6.88. The van der Waals surface area contributed by atoms with Crippen molar-refractivity contribution in [3.8, 4) is 11.5 Å². The molecule has 1 saturated carbocycles. The van der Waals surface area contributed by atoms with Gasteiger partial charge in [0.15, 0.2) is 11.5 Å². The van der Waals surface area contributed by atoms with Gasteiger partial charge in [0.05, 0.1) is 13.7 Å². The standard InChI is InChI=1S/C23H23NO3S/c1-26-22-14-18(9-12-21(22)27-16-17-6-3-2-4-7-17)23(25)24(19-10-11-19)15-20-8-5-13-28-20/h2-9,12-14,19H,10-11,15-16H2,1H3. The molecule has 1 aliphatic rings. The highest BCUT2D eigenvalue weighted by Crippen LogP contribution is 2.33. The number of rotatable bonds is 8. The Morgan fingerprint density at radius 3 is 2.57 bits per heavy atom. The quantitative estimate of drug-likeness (QED) is 0.532. The molecule has 0 radical (unpaired) electrons. The zero-order chi connectivity index (χ0) is 19.3. The fourth-order valence-electron chi connectivity index (χ4n) is 3.14. The summed E-state index contributed by atoms with van der Waals surface area (Å²) in [5.41, 5.74) is 1.72. The fourth-order valence-corrected chi connectivity index (χ4v) is 3.85. The van der Waals surface area contributed by atoms with Gasteiger partial charge in [-0.2, -0.15) is 0 Å². The summed E-state index contributed by atoms with van der Waals surface area (Å²) < 4.78 is 11.4. The molecule has 1 heterocycles. The summed E-state index contributed by atoms with van der Waals surface area (Å²) in [6.45, 7) is 1.12. The molecule has 0 unspecified atom stereocenters. The van der Waals surface area contributed by atoms with Gasteiger partial charge < -0.3 is 14.4 Å². The molecule has 4 rings (SSSR count). The Kier molecular flexibility index (Phi) is 5.63. The maximum absolute atomic E-state index is 13.1. The van der Waals surface area contributed by atoms with E-state index in [2.05, 4.69) is 6.07 Å². The van der Waals surface area contributed by atoms with Crippen LogP contribution in [-0.4, -0.2) is 24.0 Å². The number of methoxy groups -OCH3 is 1. The van der Waals surface area contributed by atoms with Gasteiger partial charge in [-0.15, -0.1) is 11.3 Å². The summed E-state index contributed by atoms with van der Waals surface area (Å²) in [7, 11) is 1.60. The minimum atomic E-state index is 0.0452. The molecule has 0 aliphatic heterocycles. The molecule has 0 spiro atoms. The van der Waals surface area contributed by atoms with Crippen LogP contribution >= 0.6 is 11.3 Å². The van der Waals surface area contributed by atoms with Crippen molar-refractivity contribution in [2.24, 2.45) is 0 Å². The maximum Gasteiger partial charge on any atom is 0.254 e. The van der Waals surface area contributed by atoms with Gasteiger partial charge in [0.2, 0.25) is 0 Å². The van der Waals surface area contributed by atoms with Crippen molar-refractivity contribution in [1.29, 1.82) is 0 Å². The van der Waals surface area contributed by atoms with Crippen LogP contribution in [0.5, 0.6) is 11.5 Å². The SMILES string of the molecule is COc1cc(C(=O)N(Cc2cccs2)C2CC2)ccc1OCc1ccccc1. The van der Waals surface area contributed by atoms with Crippen LogP contribution in [0.15, 0.2) is 66.0 Å². The van der Waals surface area contributed by atoms with Gasteiger partial charge in [-0.05, 0) is 48.1 Å². The van der Waals surface area contributed by atoms with Crippen molar-refractivity contribution >= 4 is 17.2 Å². The number of nitrogens with zero attached hydrogens (tertiary/aromatic N) is 1. The van der Waals surface area contributed by atoms with Crippen LogP contribution in [0.2, 0.25) is 0 Å². The lowest BCUT2D eigenvalue weighted by atomic mass is 10.1. The van der Waals surface area contributed by atoms with E-state index in [0.717, 1.165) is 18.4 Å². The molecule has 2 aromatic carbocycles. The first-order chi connectivity index (χ1) is 13.7. The Bertz CT molecular complexity index is 920. The van der Waals surface area contributed by atoms with Gasteiger partial charge in [0, 0.05) is 16.5 Å². The van der Waals surface area contributed by atoms with E-state index in [1.54, 1.807) is 24.5 Å². The van der Waals surface area contributed by atoms with E-state index in [0.29, 0.717) is 36.3 Å². The Labute approximate surface area is 169 Å². The lowest BCUT2D eigenvalue weighted by Crippen LogP contribution is -2.32. The molecule has 1 aliphatic carbocycles. The van der Waals surface area contributed by atoms with Crippen molar-refractivity contribution in [2.75, 3.05) is 7.11 Å². The number of carbonyl (C=O) groups is 1. The van der Waals surface area contributed by atoms with Gasteiger partial charge in [-0.3, -0.25) is 4.79 Å². The van der Waals surface area contributed by atoms with E-state index >= 15 is 0 Å². The average molecular weight is 394 g/mol. The first-order valence-corrected chi connectivity index (χ1v) is 10.3. The molecule has 4 nitrogen and oxygen atoms in total. The Morgan fingerprint density at radius 2 is 1.89 bits per heavy atom. The highest BCUT2D eigenvalue weighted by Gasteiger charge is 2.33. The summed E-state index contributed by atoms with van der Waals surface area (Å²) in [4.78, 5) is 16.3. The summed E-state index contributed by atoms with van der Waals surface area (Å²) in [6, 6.07) is 19.9. The van der Waals surface area contributed by atoms with E-state index in [1.165, 1.54) is 4.88 Å². The zero-order valence-corrected chi connectivity index (χ0v) is 16.7. The molecule has 0 saturated heterocycles. The largest absolute Gasteiger partial charge is 0.493 e. The van der Waals surface area contributed by atoms with Crippen LogP contribution in [0.3, 0.4) is 0 Å². The lowest BCUT2D eigenvalue weighted by Gasteiger charge is -2.22. The molecule has 28 heavy (non-hydrogen) atoms. The van der Waals surface area contributed by atoms with Gasteiger partial charge in [0.25, 0.3) is 5.91 Å². The van der Waals surface area contributed by atoms with Crippen molar-refractivity contribution in [2.45, 2.75) is 32.0 Å². The predicted octanol–water partition coefficient (Wildman–Crippen LogP) is 5.14. The van der Waals surface area contributed by atoms with Gasteiger partial charge in [-0.1, -0.05) is 36.4 Å². The molecule has 5 heteroatoms. The maximum atomic E-state index is 13.1. The lowest BCUT2D eigenvalue weighted by molar-refractivity contribution is 0.0731. The highest BCUT2D eigenvalue weighted by atomic mass is 32.1. The van der Waals surface area contributed by atoms with E-state index in [4.69, 9.17) is 9.47 Å². The van der Waals surface area contributed by atoms with E-state index in [1.807, 2.05) is 58.8 Å². The van der Waals surface area contributed by atoms with Crippen LogP contribution < -0.4 is 9.47 Å². The second-order valence-corrected chi connectivity index (χ2v) is 7.92. The summed E-state index contributed by atoms with van der Waals surface area (Å²) >= 11 is 1.69. The second kappa shape index (κ2) is 8.48. The minimum Gasteiger partial charge on any atom is -0.493 e. The van der Waals surface area contributed by atoms with Crippen LogP contribution in [0.1, 0.15) is 33.6 Å². The van der Waals surface area contributed by atoms with Crippen LogP contribution in [0, 0.1) is 0 Å². The van der Waals surface area contributed by atoms with Crippen LogP contribution in [0.4, 0.5) is 0 Å². The highest BCUT2D eigenvalue weighted by molar-refractivity contribution is 7.09. The monoisotopic (exact) mass is 393 g/mol. The fraction of sp³-hybridized carbons (Fsp3) is 0.261. The Balaban J connectivity index is 1.50. The number of thiophene rings is 1. The minimum absolute atomic E-state index is 0.0452. The van der Waals surface area contributed by atoms with Gasteiger partial charge in [0.1, 0.15) is 6.61 Å². The average Bonchev–Trinajstić information content (AvgIpc) is 3.46. The molecule has 1 amide bonds. The molecule has 1 aromatic heterocycles. The Hall–Kier alpha value is -2.79. The molecular weight excluding hydrogens is 370 g/mol. The number of amides is 1. The molecule has 0 N–H and O–H groups in total. The number of benzene rings is 2. The topological polar surface area (TPSA) is 38.8 Å². The summed E-state index contributed by atoms with van der Waals surface area (Å²) in [6.07, 6.45) is 2.15. The first kappa shape index (κ1) is 18.6. The molecule has 0 atom stereocenters. The van der Waals surface area contributed by atoms with Gasteiger partial charge in [-0.25, -0.2) is 0 Å². The smallest absolute Gasteiger partial charge is 0.254 e. The van der Waals surface area contributed by atoms with E-state index < -0.39 is 0 Å². The molecule has 144 valence electrons. The third-order valence-electron chi connectivity index (χ3n) is 4.80. The first-order valence-electron chi connectivity index (χ1n) is 9.42. The number of hydrogen-bond donors (Lipinski definition) is 0. The number of ether oxygens (including phenoxy) is 2. The van der Waals surface area contributed by atoms with Crippen molar-refractivity contribution in [3.63, 3.8) is 0 Å². The van der Waals surface area contributed by atoms with Crippen molar-refractivity contribution < 1.29 is 14.3 Å². The van der Waals surface area contributed by atoms with Crippen LogP contribution in [0.25, 0.3) is 0 Å². The van der Waals surface area contributed by atoms with Crippen LogP contribution in [-0.2, 0) is 13.2 Å². The molecule has 0 bridgehead atoms. The Morgan fingerprint density at radius 1 is 1.07 bits per heavy atom. The number of hydrogen-bond acceptors (Lipinski definition) is 4. The normalized spacial score (nSPS) is 13.2. The number of carbonyl (C=O) groups excluding carboxylic acids is 1. The van der Waals surface area contributed by atoms with Gasteiger partial charge >= 0.3 is 0 Å². The third-order valence-corrected chi connectivity index (χ3v) is 5.66. The molecular formula is C23H23NO3S. The molecule has 1 fully saturated rings. The zero-order valence-electron chi connectivity index (χ0n) is 15.8. The summed E-state index contributed by atoms with van der Waals surface area (Å²) in [5.74, 6) is 1.26. The third kappa shape index (κ3) is 4.37. The predicted molar refractivity (Wildman–Crippen MR) is 111 cm³/mol. The van der Waals surface area contributed by atoms with Crippen molar-refractivity contribution in [1.82, 2.24) is 4.90 Å². The summed E-state index contributed by atoms with van der Waals surface area (Å²) in [5, 5.41) is 2.05. The van der Waals surface area contributed by atoms with E-state index in [9.17, 15) is 4.79 Å². The van der Waals surface area contributed by atoms with E-state index in [-0.39, 0.29) is 5.91 Å².